The van der Waals surface area contributed by atoms with Gasteiger partial charge in [-0.05, 0) is 78.2 Å². The van der Waals surface area contributed by atoms with Crippen molar-refractivity contribution in [1.29, 1.82) is 0 Å². The molecule has 5 heteroatoms. The molecule has 5 nitrogen and oxygen atoms in total. The number of esters is 1. The molecule has 0 heterocycles. The number of allylic oxidation sites excluding steroid dienone is 1. The smallest absolute Gasteiger partial charge is 0.336 e. The molecule has 168 valence electrons. The second-order valence-electron chi connectivity index (χ2n) is 7.17. The second-order valence-corrected chi connectivity index (χ2v) is 7.17. The molecule has 0 fully saturated rings. The summed E-state index contributed by atoms with van der Waals surface area (Å²) >= 11 is 0. The van der Waals surface area contributed by atoms with Crippen LogP contribution in [-0.4, -0.2) is 25.5 Å². The molecule has 0 saturated carbocycles. The first-order chi connectivity index (χ1) is 16.1. The molecule has 0 spiro atoms. The molecule has 0 aliphatic heterocycles. The Hall–Kier alpha value is -4.12. The highest BCUT2D eigenvalue weighted by Crippen LogP contribution is 2.17. The predicted molar refractivity (Wildman–Crippen MR) is 130 cm³/mol. The Morgan fingerprint density at radius 2 is 1.48 bits per heavy atom. The monoisotopic (exact) mass is 442 g/mol. The van der Waals surface area contributed by atoms with Gasteiger partial charge in [0.25, 0.3) is 0 Å². The van der Waals surface area contributed by atoms with E-state index in [4.69, 9.17) is 14.2 Å². The van der Waals surface area contributed by atoms with Crippen LogP contribution in [0.15, 0.2) is 84.9 Å². The maximum atomic E-state index is 12.3. The van der Waals surface area contributed by atoms with E-state index in [1.165, 1.54) is 12.2 Å². The summed E-state index contributed by atoms with van der Waals surface area (Å²) in [6, 6.07) is 21.4. The molecule has 3 rings (SSSR count). The van der Waals surface area contributed by atoms with Gasteiger partial charge >= 0.3 is 5.97 Å². The number of ketones is 1. The number of carbonyl (C=O) groups is 2. The molecule has 0 aliphatic carbocycles. The van der Waals surface area contributed by atoms with Gasteiger partial charge in [0.1, 0.15) is 17.2 Å². The second kappa shape index (κ2) is 12.1. The number of hydrogen-bond acceptors (Lipinski definition) is 5. The Kier molecular flexibility index (Phi) is 8.60. The van der Waals surface area contributed by atoms with Crippen LogP contribution >= 0.6 is 0 Å². The summed E-state index contributed by atoms with van der Waals surface area (Å²) in [7, 11) is 1.58. The van der Waals surface area contributed by atoms with Crippen LogP contribution in [0.2, 0.25) is 0 Å². The van der Waals surface area contributed by atoms with Crippen molar-refractivity contribution >= 4 is 23.9 Å². The lowest BCUT2D eigenvalue weighted by Gasteiger charge is -2.04. The van der Waals surface area contributed by atoms with Gasteiger partial charge in [-0.25, -0.2) is 4.79 Å². The molecule has 0 saturated heterocycles. The fraction of sp³-hybridized carbons (Fsp3) is 0.143. The molecule has 0 radical (unpaired) electrons. The Morgan fingerprint density at radius 1 is 0.788 bits per heavy atom. The molecule has 0 bridgehead atoms. The molecule has 0 unspecified atom stereocenters. The highest BCUT2D eigenvalue weighted by atomic mass is 16.5. The van der Waals surface area contributed by atoms with Crippen LogP contribution in [0.5, 0.6) is 17.2 Å². The third-order valence-electron chi connectivity index (χ3n) is 4.64. The molecule has 0 aliphatic rings. The van der Waals surface area contributed by atoms with Gasteiger partial charge in [-0.15, -0.1) is 0 Å². The Balaban J connectivity index is 1.57. The van der Waals surface area contributed by atoms with Crippen molar-refractivity contribution in [2.24, 2.45) is 0 Å². The van der Waals surface area contributed by atoms with E-state index in [0.717, 1.165) is 23.3 Å². The predicted octanol–water partition coefficient (Wildman–Crippen LogP) is 6.00. The third-order valence-corrected chi connectivity index (χ3v) is 4.64. The highest BCUT2D eigenvalue weighted by molar-refractivity contribution is 6.06. The first-order valence-corrected chi connectivity index (χ1v) is 10.7. The van der Waals surface area contributed by atoms with Crippen LogP contribution in [0.3, 0.4) is 0 Å². The van der Waals surface area contributed by atoms with Crippen LogP contribution in [0.25, 0.3) is 12.2 Å². The minimum Gasteiger partial charge on any atom is -0.497 e. The van der Waals surface area contributed by atoms with Gasteiger partial charge in [0.05, 0.1) is 13.7 Å². The van der Waals surface area contributed by atoms with E-state index in [0.29, 0.717) is 23.7 Å². The minimum absolute atomic E-state index is 0.130. The summed E-state index contributed by atoms with van der Waals surface area (Å²) in [4.78, 5) is 24.5. The maximum absolute atomic E-state index is 12.3. The minimum atomic E-state index is -0.489. The number of carbonyl (C=O) groups excluding carboxylic acids is 2. The van der Waals surface area contributed by atoms with Crippen molar-refractivity contribution in [2.75, 3.05) is 13.7 Å². The van der Waals surface area contributed by atoms with Crippen molar-refractivity contribution < 1.29 is 23.8 Å². The van der Waals surface area contributed by atoms with Gasteiger partial charge in [-0.2, -0.15) is 0 Å². The summed E-state index contributed by atoms with van der Waals surface area (Å²) in [5, 5.41) is 0. The van der Waals surface area contributed by atoms with Crippen LogP contribution in [0.1, 0.15) is 34.8 Å². The average Bonchev–Trinajstić information content (AvgIpc) is 2.85. The summed E-state index contributed by atoms with van der Waals surface area (Å²) in [6.07, 6.45) is 7.17. The molecule has 0 amide bonds. The molecular formula is C28H26O5. The van der Waals surface area contributed by atoms with E-state index < -0.39 is 5.97 Å². The standard InChI is InChI=1S/C28H26O5/c1-3-19-32-25-13-7-21(8-14-25)10-18-28(30)33-26-6-4-5-22(20-26)9-17-27(29)23-11-15-24(31-2)16-12-23/h4-18,20H,3,19H2,1-2H3/b17-9+,18-10+. The molecular weight excluding hydrogens is 416 g/mol. The number of rotatable bonds is 10. The SMILES string of the molecule is CCCOc1ccc(/C=C/C(=O)Oc2cccc(/C=C/C(=O)c3ccc(OC)cc3)c2)cc1. The summed E-state index contributed by atoms with van der Waals surface area (Å²) in [6.45, 7) is 2.72. The van der Waals surface area contributed by atoms with Gasteiger partial charge in [0.2, 0.25) is 0 Å². The average molecular weight is 443 g/mol. The number of ether oxygens (including phenoxy) is 3. The summed E-state index contributed by atoms with van der Waals surface area (Å²) in [5.74, 6) is 1.27. The number of hydrogen-bond donors (Lipinski definition) is 0. The first kappa shape index (κ1) is 23.5. The quantitative estimate of drug-likeness (QED) is 0.167. The molecule has 0 N–H and O–H groups in total. The van der Waals surface area contributed by atoms with E-state index in [-0.39, 0.29) is 5.78 Å². The zero-order chi connectivity index (χ0) is 23.5. The van der Waals surface area contributed by atoms with Crippen LogP contribution in [0.4, 0.5) is 0 Å². The lowest BCUT2D eigenvalue weighted by molar-refractivity contribution is -0.128. The molecule has 33 heavy (non-hydrogen) atoms. The van der Waals surface area contributed by atoms with Gasteiger partial charge in [-0.1, -0.05) is 37.3 Å². The van der Waals surface area contributed by atoms with Gasteiger partial charge in [0.15, 0.2) is 5.78 Å². The van der Waals surface area contributed by atoms with Gasteiger partial charge in [0, 0.05) is 11.6 Å². The van der Waals surface area contributed by atoms with Gasteiger partial charge in [-0.3, -0.25) is 4.79 Å². The lowest BCUT2D eigenvalue weighted by Crippen LogP contribution is -2.03. The molecule has 0 aromatic heterocycles. The van der Waals surface area contributed by atoms with Gasteiger partial charge < -0.3 is 14.2 Å². The summed E-state index contributed by atoms with van der Waals surface area (Å²) < 4.78 is 16.0. The fourth-order valence-electron chi connectivity index (χ4n) is 2.91. The van der Waals surface area contributed by atoms with Crippen molar-refractivity contribution in [1.82, 2.24) is 0 Å². The fourth-order valence-corrected chi connectivity index (χ4v) is 2.91. The van der Waals surface area contributed by atoms with E-state index in [1.54, 1.807) is 61.7 Å². The third kappa shape index (κ3) is 7.51. The molecule has 3 aromatic rings. The number of benzene rings is 3. The van der Waals surface area contributed by atoms with E-state index >= 15 is 0 Å². The molecule has 0 atom stereocenters. The Morgan fingerprint density at radius 3 is 2.18 bits per heavy atom. The van der Waals surface area contributed by atoms with Crippen molar-refractivity contribution in [3.8, 4) is 17.2 Å². The normalized spacial score (nSPS) is 11.0. The molecule has 3 aromatic carbocycles. The summed E-state index contributed by atoms with van der Waals surface area (Å²) in [5.41, 5.74) is 2.17. The van der Waals surface area contributed by atoms with E-state index in [9.17, 15) is 9.59 Å². The largest absolute Gasteiger partial charge is 0.497 e. The Labute approximate surface area is 193 Å². The van der Waals surface area contributed by atoms with Crippen molar-refractivity contribution in [3.63, 3.8) is 0 Å². The lowest BCUT2D eigenvalue weighted by atomic mass is 10.1. The van der Waals surface area contributed by atoms with E-state index in [2.05, 4.69) is 6.92 Å². The van der Waals surface area contributed by atoms with E-state index in [1.807, 2.05) is 30.3 Å². The zero-order valence-corrected chi connectivity index (χ0v) is 18.7. The van der Waals surface area contributed by atoms with Crippen molar-refractivity contribution in [2.45, 2.75) is 13.3 Å². The Bertz CT molecular complexity index is 1130. The first-order valence-electron chi connectivity index (χ1n) is 10.7. The maximum Gasteiger partial charge on any atom is 0.336 e. The van der Waals surface area contributed by atoms with Crippen LogP contribution < -0.4 is 14.2 Å². The topological polar surface area (TPSA) is 61.8 Å². The zero-order valence-electron chi connectivity index (χ0n) is 18.7. The van der Waals surface area contributed by atoms with Crippen LogP contribution in [-0.2, 0) is 4.79 Å². The highest BCUT2D eigenvalue weighted by Gasteiger charge is 2.04. The number of methoxy groups -OCH3 is 1. The van der Waals surface area contributed by atoms with Crippen LogP contribution in [0, 0.1) is 0 Å². The van der Waals surface area contributed by atoms with Crippen molar-refractivity contribution in [3.05, 3.63) is 102 Å².